The molecule has 0 radical (unpaired) electrons. The third-order valence-electron chi connectivity index (χ3n) is 5.33. The number of methoxy groups -OCH3 is 2. The fourth-order valence-corrected chi connectivity index (χ4v) is 3.76. The number of ether oxygens (including phenoxy) is 2. The number of aryl methyl sites for hydroxylation is 1. The molecule has 0 bridgehead atoms. The predicted molar refractivity (Wildman–Crippen MR) is 118 cm³/mol. The van der Waals surface area contributed by atoms with Crippen LogP contribution in [0.3, 0.4) is 0 Å². The number of hydrazone groups is 1. The van der Waals surface area contributed by atoms with Gasteiger partial charge in [-0.1, -0.05) is 6.07 Å². The lowest BCUT2D eigenvalue weighted by Crippen LogP contribution is -2.22. The third-order valence-corrected chi connectivity index (χ3v) is 5.33. The van der Waals surface area contributed by atoms with Gasteiger partial charge in [0.25, 0.3) is 11.5 Å². The van der Waals surface area contributed by atoms with E-state index in [-0.39, 0.29) is 11.5 Å². The lowest BCUT2D eigenvalue weighted by atomic mass is 10.1. The summed E-state index contributed by atoms with van der Waals surface area (Å²) in [7, 11) is 3.18. The number of hydrogen-bond acceptors (Lipinski definition) is 6. The summed E-state index contributed by atoms with van der Waals surface area (Å²) in [6.07, 6.45) is 2.24. The van der Waals surface area contributed by atoms with E-state index in [2.05, 4.69) is 15.5 Å². The van der Waals surface area contributed by atoms with E-state index < -0.39 is 0 Å². The van der Waals surface area contributed by atoms with E-state index >= 15 is 0 Å². The molecule has 31 heavy (non-hydrogen) atoms. The van der Waals surface area contributed by atoms with Crippen molar-refractivity contribution in [3.05, 3.63) is 63.7 Å². The van der Waals surface area contributed by atoms with E-state index in [0.29, 0.717) is 40.9 Å². The van der Waals surface area contributed by atoms with E-state index in [1.54, 1.807) is 37.0 Å². The summed E-state index contributed by atoms with van der Waals surface area (Å²) in [5.74, 6) is 1.72. The van der Waals surface area contributed by atoms with Gasteiger partial charge in [-0.05, 0) is 49.2 Å². The Bertz CT molecular complexity index is 1250. The van der Waals surface area contributed by atoms with Gasteiger partial charge in [-0.25, -0.2) is 10.4 Å². The number of aromatic nitrogens is 2. The molecule has 0 saturated carbocycles. The van der Waals surface area contributed by atoms with Crippen molar-refractivity contribution in [3.8, 4) is 11.5 Å². The Morgan fingerprint density at radius 2 is 1.97 bits per heavy atom. The molecule has 0 aliphatic carbocycles. The quantitative estimate of drug-likeness (QED) is 0.489. The van der Waals surface area contributed by atoms with Crippen molar-refractivity contribution in [3.63, 3.8) is 0 Å². The number of hydrogen-bond donors (Lipinski definition) is 1. The molecule has 0 spiro atoms. The molecule has 0 atom stereocenters. The molecule has 1 aliphatic heterocycles. The second-order valence-corrected chi connectivity index (χ2v) is 7.47. The van der Waals surface area contributed by atoms with Crippen LogP contribution in [0.4, 0.5) is 0 Å². The van der Waals surface area contributed by atoms with Gasteiger partial charge in [0.05, 0.1) is 25.1 Å². The second kappa shape index (κ2) is 8.59. The second-order valence-electron chi connectivity index (χ2n) is 7.47. The summed E-state index contributed by atoms with van der Waals surface area (Å²) in [6, 6.07) is 10.6. The molecule has 0 unspecified atom stereocenters. The van der Waals surface area contributed by atoms with Crippen molar-refractivity contribution in [2.75, 3.05) is 14.2 Å². The van der Waals surface area contributed by atoms with Crippen molar-refractivity contribution >= 4 is 22.5 Å². The molecular weight excluding hydrogens is 396 g/mol. The Morgan fingerprint density at radius 1 is 1.16 bits per heavy atom. The zero-order valence-corrected chi connectivity index (χ0v) is 17.8. The minimum Gasteiger partial charge on any atom is -0.493 e. The summed E-state index contributed by atoms with van der Waals surface area (Å²) >= 11 is 0. The van der Waals surface area contributed by atoms with Crippen molar-refractivity contribution in [2.45, 2.75) is 32.7 Å². The van der Waals surface area contributed by atoms with Crippen LogP contribution >= 0.6 is 0 Å². The lowest BCUT2D eigenvalue weighted by molar-refractivity contribution is 0.0955. The van der Waals surface area contributed by atoms with Gasteiger partial charge in [0.1, 0.15) is 5.82 Å². The highest BCUT2D eigenvalue weighted by atomic mass is 16.5. The maximum Gasteiger partial charge on any atom is 0.271 e. The van der Waals surface area contributed by atoms with Crippen LogP contribution in [0.15, 0.2) is 46.3 Å². The summed E-state index contributed by atoms with van der Waals surface area (Å²) in [5.41, 5.74) is 5.20. The van der Waals surface area contributed by atoms with Crippen LogP contribution < -0.4 is 20.5 Å². The zero-order valence-electron chi connectivity index (χ0n) is 17.8. The van der Waals surface area contributed by atoms with Crippen LogP contribution in [-0.4, -0.2) is 35.4 Å². The first kappa shape index (κ1) is 20.6. The first-order valence-electron chi connectivity index (χ1n) is 10.1. The number of fused-ring (bicyclic) bond motifs is 2. The van der Waals surface area contributed by atoms with Crippen LogP contribution in [-0.2, 0) is 19.4 Å². The van der Waals surface area contributed by atoms with Gasteiger partial charge in [-0.15, -0.1) is 0 Å². The maximum absolute atomic E-state index is 12.6. The number of carbonyl (C=O) groups is 1. The van der Waals surface area contributed by atoms with E-state index in [9.17, 15) is 9.59 Å². The number of rotatable bonds is 6. The Kier molecular flexibility index (Phi) is 5.70. The normalized spacial score (nSPS) is 13.2. The van der Waals surface area contributed by atoms with Crippen LogP contribution in [0, 0.1) is 0 Å². The van der Waals surface area contributed by atoms with Crippen LogP contribution in [0.25, 0.3) is 10.9 Å². The fourth-order valence-electron chi connectivity index (χ4n) is 3.76. The predicted octanol–water partition coefficient (Wildman–Crippen LogP) is 2.71. The van der Waals surface area contributed by atoms with Crippen molar-refractivity contribution in [1.82, 2.24) is 15.0 Å². The van der Waals surface area contributed by atoms with Gasteiger partial charge in [0.15, 0.2) is 11.5 Å². The largest absolute Gasteiger partial charge is 0.493 e. The summed E-state index contributed by atoms with van der Waals surface area (Å²) in [6.45, 7) is 2.54. The van der Waals surface area contributed by atoms with Crippen LogP contribution in [0.5, 0.6) is 11.5 Å². The minimum absolute atomic E-state index is 0.0479. The summed E-state index contributed by atoms with van der Waals surface area (Å²) < 4.78 is 12.3. The van der Waals surface area contributed by atoms with Gasteiger partial charge in [0, 0.05) is 30.7 Å². The van der Waals surface area contributed by atoms with Gasteiger partial charge in [0.2, 0.25) is 0 Å². The van der Waals surface area contributed by atoms with Gasteiger partial charge < -0.3 is 9.47 Å². The van der Waals surface area contributed by atoms with Crippen molar-refractivity contribution in [1.29, 1.82) is 0 Å². The average molecular weight is 420 g/mol. The lowest BCUT2D eigenvalue weighted by Gasteiger charge is -2.09. The molecular formula is C23H24N4O4. The molecule has 1 aliphatic rings. The molecule has 2 aromatic carbocycles. The number of benzene rings is 2. The highest BCUT2D eigenvalue weighted by molar-refractivity contribution is 5.98. The molecule has 8 heteroatoms. The molecule has 1 amide bonds. The Morgan fingerprint density at radius 3 is 2.74 bits per heavy atom. The molecule has 2 heterocycles. The Hall–Kier alpha value is -3.68. The van der Waals surface area contributed by atoms with Gasteiger partial charge >= 0.3 is 0 Å². The SMILES string of the molecule is COc1ccc(C/C(C)=N\NC(=O)c2ccc3c(=O)n4c(nc3c2)CCC4)cc1OC. The molecule has 0 fully saturated rings. The monoisotopic (exact) mass is 420 g/mol. The van der Waals surface area contributed by atoms with E-state index in [1.165, 1.54) is 0 Å². The van der Waals surface area contributed by atoms with Crippen molar-refractivity contribution < 1.29 is 14.3 Å². The molecule has 160 valence electrons. The highest BCUT2D eigenvalue weighted by Gasteiger charge is 2.17. The first-order valence-corrected chi connectivity index (χ1v) is 10.1. The van der Waals surface area contributed by atoms with E-state index in [4.69, 9.17) is 9.47 Å². The smallest absolute Gasteiger partial charge is 0.271 e. The number of amides is 1. The third kappa shape index (κ3) is 4.14. The van der Waals surface area contributed by atoms with E-state index in [1.807, 2.05) is 25.1 Å². The van der Waals surface area contributed by atoms with Crippen LogP contribution in [0.1, 0.15) is 35.1 Å². The molecule has 1 aromatic heterocycles. The standard InChI is InChI=1S/C23H24N4O4/c1-14(11-15-6-9-19(30-2)20(12-15)31-3)25-26-22(28)16-7-8-17-18(13-16)24-21-5-4-10-27(21)23(17)29/h6-9,12-13H,4-5,10-11H2,1-3H3,(H,26,28)/b25-14-. The average Bonchev–Trinajstić information content (AvgIpc) is 3.26. The Balaban J connectivity index is 1.49. The number of nitrogens with zero attached hydrogens (tertiary/aromatic N) is 3. The maximum atomic E-state index is 12.6. The van der Waals surface area contributed by atoms with E-state index in [0.717, 1.165) is 29.9 Å². The summed E-state index contributed by atoms with van der Waals surface area (Å²) in [5, 5.41) is 4.73. The van der Waals surface area contributed by atoms with Gasteiger partial charge in [-0.3, -0.25) is 14.2 Å². The zero-order chi connectivity index (χ0) is 22.0. The summed E-state index contributed by atoms with van der Waals surface area (Å²) in [4.78, 5) is 29.7. The molecule has 4 rings (SSSR count). The fraction of sp³-hybridized carbons (Fsp3) is 0.304. The molecule has 0 saturated heterocycles. The Labute approximate surface area is 179 Å². The molecule has 8 nitrogen and oxygen atoms in total. The van der Waals surface area contributed by atoms with Crippen LogP contribution in [0.2, 0.25) is 0 Å². The van der Waals surface area contributed by atoms with Crippen molar-refractivity contribution in [2.24, 2.45) is 5.10 Å². The highest BCUT2D eigenvalue weighted by Crippen LogP contribution is 2.27. The minimum atomic E-state index is -0.351. The number of carbonyl (C=O) groups excluding carboxylic acids is 1. The van der Waals surface area contributed by atoms with Gasteiger partial charge in [-0.2, -0.15) is 5.10 Å². The molecule has 1 N–H and O–H groups in total. The topological polar surface area (TPSA) is 94.8 Å². The first-order chi connectivity index (χ1) is 15.0. The number of nitrogens with one attached hydrogen (secondary N) is 1. The molecule has 3 aromatic rings.